The molecule has 1 aromatic heterocycles. The van der Waals surface area contributed by atoms with E-state index in [-0.39, 0.29) is 11.7 Å². The number of benzene rings is 2. The number of aromatic nitrogens is 1. The lowest BCUT2D eigenvalue weighted by atomic mass is 9.75. The van der Waals surface area contributed by atoms with Gasteiger partial charge in [0.2, 0.25) is 0 Å². The third-order valence-electron chi connectivity index (χ3n) is 5.83. The van der Waals surface area contributed by atoms with Gasteiger partial charge in [0.25, 0.3) is 5.91 Å². The van der Waals surface area contributed by atoms with Gasteiger partial charge in [0.1, 0.15) is 0 Å². The summed E-state index contributed by atoms with van der Waals surface area (Å²) in [4.78, 5) is 31.1. The number of fused-ring (bicyclic) bond motifs is 1. The fourth-order valence-corrected chi connectivity index (χ4v) is 5.71. The molecule has 1 atom stereocenters. The van der Waals surface area contributed by atoms with E-state index in [4.69, 9.17) is 23.2 Å². The normalized spacial score (nSPS) is 18.6. The molecule has 0 fully saturated rings. The third-order valence-corrected chi connectivity index (χ3v) is 7.61. The van der Waals surface area contributed by atoms with E-state index >= 15 is 0 Å². The van der Waals surface area contributed by atoms with Crippen LogP contribution in [0, 0.1) is 0 Å². The Hall–Kier alpha value is -2.67. The van der Waals surface area contributed by atoms with Gasteiger partial charge >= 0.3 is 0 Å². The molecule has 0 saturated heterocycles. The van der Waals surface area contributed by atoms with Crippen molar-refractivity contribution in [1.29, 1.82) is 0 Å². The minimum atomic E-state index is -0.598. The summed E-state index contributed by atoms with van der Waals surface area (Å²) in [5, 5.41) is 7.49. The molecule has 32 heavy (non-hydrogen) atoms. The van der Waals surface area contributed by atoms with Gasteiger partial charge < -0.3 is 5.32 Å². The molecule has 0 saturated carbocycles. The number of ketones is 1. The van der Waals surface area contributed by atoms with Crippen LogP contribution in [-0.4, -0.2) is 16.7 Å². The van der Waals surface area contributed by atoms with Gasteiger partial charge in [-0.05, 0) is 43.5 Å². The molecule has 2 N–H and O–H groups in total. The number of dihydropyridines is 1. The predicted molar refractivity (Wildman–Crippen MR) is 129 cm³/mol. The first-order valence-electron chi connectivity index (χ1n) is 10.3. The molecule has 5 rings (SSSR count). The number of nitrogens with one attached hydrogen (secondary N) is 2. The Balaban J connectivity index is 1.60. The number of halogens is 2. The second-order valence-electron chi connectivity index (χ2n) is 7.85. The van der Waals surface area contributed by atoms with Gasteiger partial charge in [-0.25, -0.2) is 4.98 Å². The van der Waals surface area contributed by atoms with E-state index in [2.05, 4.69) is 15.6 Å². The highest BCUT2D eigenvalue weighted by Crippen LogP contribution is 2.45. The van der Waals surface area contributed by atoms with Gasteiger partial charge in [-0.1, -0.05) is 58.8 Å². The van der Waals surface area contributed by atoms with Crippen molar-refractivity contribution in [3.63, 3.8) is 0 Å². The molecule has 1 aliphatic heterocycles. The van der Waals surface area contributed by atoms with Crippen molar-refractivity contribution in [2.75, 3.05) is 5.32 Å². The number of Topliss-reactive ketones (excluding diaryl/α,β-unsaturated/α-hetero) is 1. The van der Waals surface area contributed by atoms with E-state index < -0.39 is 5.92 Å². The second-order valence-corrected chi connectivity index (χ2v) is 9.67. The molecule has 0 bridgehead atoms. The summed E-state index contributed by atoms with van der Waals surface area (Å²) in [5.74, 6) is -0.891. The molecule has 0 radical (unpaired) electrons. The van der Waals surface area contributed by atoms with Gasteiger partial charge in [0, 0.05) is 34.9 Å². The van der Waals surface area contributed by atoms with Gasteiger partial charge in [0.15, 0.2) is 10.9 Å². The van der Waals surface area contributed by atoms with Gasteiger partial charge in [-0.2, -0.15) is 0 Å². The molecule has 1 amide bonds. The number of anilines is 1. The van der Waals surface area contributed by atoms with Crippen LogP contribution < -0.4 is 10.6 Å². The quantitative estimate of drug-likeness (QED) is 0.464. The van der Waals surface area contributed by atoms with Crippen molar-refractivity contribution in [3.05, 3.63) is 80.6 Å². The monoisotopic (exact) mass is 483 g/mol. The minimum Gasteiger partial charge on any atom is -0.362 e. The van der Waals surface area contributed by atoms with E-state index in [0.29, 0.717) is 44.0 Å². The SMILES string of the molecule is CC1=C(C(=O)Nc2nc3ccccc3s2)C(c2cccc(Cl)c2Cl)C2=C(CCCC2=O)N1. The Kier molecular flexibility index (Phi) is 5.53. The summed E-state index contributed by atoms with van der Waals surface area (Å²) in [6, 6.07) is 13.0. The van der Waals surface area contributed by atoms with E-state index in [1.807, 2.05) is 37.3 Å². The maximum atomic E-state index is 13.6. The molecular formula is C24H19Cl2N3O2S. The van der Waals surface area contributed by atoms with Gasteiger partial charge in [-0.15, -0.1) is 0 Å². The smallest absolute Gasteiger partial charge is 0.256 e. The number of nitrogens with zero attached hydrogens (tertiary/aromatic N) is 1. The van der Waals surface area contributed by atoms with Gasteiger partial charge in [0.05, 0.1) is 20.3 Å². The highest BCUT2D eigenvalue weighted by Gasteiger charge is 2.39. The van der Waals surface area contributed by atoms with Crippen LogP contribution in [0.1, 0.15) is 37.7 Å². The Labute approximate surface area is 199 Å². The lowest BCUT2D eigenvalue weighted by Crippen LogP contribution is -2.35. The molecular weight excluding hydrogens is 465 g/mol. The summed E-state index contributed by atoms with van der Waals surface area (Å²) < 4.78 is 0.983. The molecule has 1 unspecified atom stereocenters. The van der Waals surface area contributed by atoms with Crippen molar-refractivity contribution in [2.45, 2.75) is 32.1 Å². The number of thiazole rings is 1. The van der Waals surface area contributed by atoms with Crippen LogP contribution in [0.3, 0.4) is 0 Å². The van der Waals surface area contributed by atoms with Crippen LogP contribution >= 0.6 is 34.5 Å². The lowest BCUT2D eigenvalue weighted by Gasteiger charge is -2.34. The highest BCUT2D eigenvalue weighted by molar-refractivity contribution is 7.22. The molecule has 8 heteroatoms. The second kappa shape index (κ2) is 8.35. The topological polar surface area (TPSA) is 71.1 Å². The lowest BCUT2D eigenvalue weighted by molar-refractivity contribution is -0.116. The highest BCUT2D eigenvalue weighted by atomic mass is 35.5. The van der Waals surface area contributed by atoms with E-state index in [9.17, 15) is 9.59 Å². The number of carbonyl (C=O) groups excluding carboxylic acids is 2. The van der Waals surface area contributed by atoms with Crippen LogP contribution in [0.2, 0.25) is 10.0 Å². The number of hydrogen-bond donors (Lipinski definition) is 2. The minimum absolute atomic E-state index is 0.0255. The number of allylic oxidation sites excluding steroid dienone is 3. The Bertz CT molecular complexity index is 1310. The average Bonchev–Trinajstić information content (AvgIpc) is 3.17. The number of carbonyl (C=O) groups is 2. The van der Waals surface area contributed by atoms with Crippen LogP contribution in [-0.2, 0) is 9.59 Å². The molecule has 0 spiro atoms. The molecule has 2 heterocycles. The fourth-order valence-electron chi connectivity index (χ4n) is 4.43. The zero-order valence-electron chi connectivity index (χ0n) is 17.2. The fraction of sp³-hybridized carbons (Fsp3) is 0.208. The molecule has 162 valence electrons. The zero-order valence-corrected chi connectivity index (χ0v) is 19.5. The summed E-state index contributed by atoms with van der Waals surface area (Å²) in [6.07, 6.45) is 1.97. The molecule has 5 nitrogen and oxygen atoms in total. The molecule has 2 aliphatic rings. The van der Waals surface area contributed by atoms with Crippen LogP contribution in [0.25, 0.3) is 10.2 Å². The summed E-state index contributed by atoms with van der Waals surface area (Å²) in [7, 11) is 0. The van der Waals surface area contributed by atoms with Crippen molar-refractivity contribution >= 4 is 61.6 Å². The maximum absolute atomic E-state index is 13.6. The van der Waals surface area contributed by atoms with E-state index in [1.165, 1.54) is 11.3 Å². The molecule has 2 aromatic carbocycles. The number of amides is 1. The summed E-state index contributed by atoms with van der Waals surface area (Å²) >= 11 is 14.3. The maximum Gasteiger partial charge on any atom is 0.256 e. The Morgan fingerprint density at radius 3 is 2.78 bits per heavy atom. The number of rotatable bonds is 3. The van der Waals surface area contributed by atoms with Crippen molar-refractivity contribution in [1.82, 2.24) is 10.3 Å². The first kappa shape index (κ1) is 21.2. The third kappa shape index (κ3) is 3.62. The Morgan fingerprint density at radius 2 is 1.97 bits per heavy atom. The first-order chi connectivity index (χ1) is 15.4. The number of hydrogen-bond acceptors (Lipinski definition) is 5. The van der Waals surface area contributed by atoms with Crippen LogP contribution in [0.4, 0.5) is 5.13 Å². The summed E-state index contributed by atoms with van der Waals surface area (Å²) in [5.41, 5.74) is 4.07. The first-order valence-corrected chi connectivity index (χ1v) is 11.9. The molecule has 1 aliphatic carbocycles. The average molecular weight is 484 g/mol. The van der Waals surface area contributed by atoms with E-state index in [1.54, 1.807) is 12.1 Å². The number of para-hydroxylation sites is 1. The van der Waals surface area contributed by atoms with Crippen molar-refractivity contribution in [2.24, 2.45) is 0 Å². The largest absolute Gasteiger partial charge is 0.362 e. The molecule has 3 aromatic rings. The van der Waals surface area contributed by atoms with Crippen molar-refractivity contribution in [3.8, 4) is 0 Å². The Morgan fingerprint density at radius 1 is 1.16 bits per heavy atom. The summed E-state index contributed by atoms with van der Waals surface area (Å²) in [6.45, 7) is 1.85. The zero-order chi connectivity index (χ0) is 22.4. The van der Waals surface area contributed by atoms with Crippen LogP contribution in [0.5, 0.6) is 0 Å². The van der Waals surface area contributed by atoms with Gasteiger partial charge in [-0.3, -0.25) is 14.9 Å². The van der Waals surface area contributed by atoms with Crippen molar-refractivity contribution < 1.29 is 9.59 Å². The van der Waals surface area contributed by atoms with Crippen LogP contribution in [0.15, 0.2) is 65.0 Å². The predicted octanol–water partition coefficient (Wildman–Crippen LogP) is 6.21. The standard InChI is InChI=1S/C24H19Cl2N3O2S/c1-12-19(23(31)29-24-28-15-8-2-3-11-18(15)32-24)20(13-6-4-7-14(25)22(13)26)21-16(27-12)9-5-10-17(21)30/h2-4,6-8,11,20,27H,5,9-10H2,1H3,(H,28,29,31). The van der Waals surface area contributed by atoms with E-state index in [0.717, 1.165) is 28.8 Å².